The van der Waals surface area contributed by atoms with Crippen molar-refractivity contribution in [2.45, 2.75) is 62.1 Å². The molecule has 2 aliphatic rings. The monoisotopic (exact) mass is 294 g/mol. The van der Waals surface area contributed by atoms with Crippen LogP contribution in [-0.2, 0) is 11.8 Å². The molecular weight excluding hydrogens is 272 g/mol. The SMILES string of the molecule is Cn1c(SCC(=O)NC2CCCC2)nnc1C1CCC1. The molecule has 1 amide bonds. The Morgan fingerprint density at radius 2 is 2.00 bits per heavy atom. The van der Waals surface area contributed by atoms with E-state index in [1.54, 1.807) is 0 Å². The summed E-state index contributed by atoms with van der Waals surface area (Å²) < 4.78 is 2.05. The summed E-state index contributed by atoms with van der Waals surface area (Å²) in [4.78, 5) is 11.9. The standard InChI is InChI=1S/C14H22N4OS/c1-18-13(10-5-4-6-10)16-17-14(18)20-9-12(19)15-11-7-2-3-8-11/h10-11H,2-9H2,1H3,(H,15,19). The summed E-state index contributed by atoms with van der Waals surface area (Å²) in [6.45, 7) is 0. The fourth-order valence-corrected chi connectivity index (χ4v) is 3.67. The normalized spacial score (nSPS) is 20.1. The number of hydrogen-bond donors (Lipinski definition) is 1. The third-order valence-electron chi connectivity index (χ3n) is 4.39. The van der Waals surface area contributed by atoms with E-state index in [1.165, 1.54) is 43.9 Å². The van der Waals surface area contributed by atoms with Crippen LogP contribution in [0.3, 0.4) is 0 Å². The van der Waals surface area contributed by atoms with E-state index in [2.05, 4.69) is 20.1 Å². The second-order valence-electron chi connectivity index (χ2n) is 5.87. The lowest BCUT2D eigenvalue weighted by atomic mass is 9.85. The molecule has 0 atom stereocenters. The minimum Gasteiger partial charge on any atom is -0.353 e. The largest absolute Gasteiger partial charge is 0.353 e. The van der Waals surface area contributed by atoms with Gasteiger partial charge < -0.3 is 9.88 Å². The van der Waals surface area contributed by atoms with E-state index in [4.69, 9.17) is 0 Å². The molecule has 0 spiro atoms. The molecule has 2 saturated carbocycles. The molecule has 1 N–H and O–H groups in total. The van der Waals surface area contributed by atoms with Gasteiger partial charge in [-0.1, -0.05) is 31.0 Å². The predicted molar refractivity (Wildman–Crippen MR) is 78.7 cm³/mol. The zero-order valence-corrected chi connectivity index (χ0v) is 12.8. The van der Waals surface area contributed by atoms with Gasteiger partial charge in [0.1, 0.15) is 5.82 Å². The van der Waals surface area contributed by atoms with Gasteiger partial charge in [0.25, 0.3) is 0 Å². The maximum atomic E-state index is 11.9. The van der Waals surface area contributed by atoms with E-state index in [1.807, 2.05) is 7.05 Å². The number of thioether (sulfide) groups is 1. The molecule has 0 saturated heterocycles. The number of carbonyl (C=O) groups is 1. The van der Waals surface area contributed by atoms with Gasteiger partial charge in [-0.25, -0.2) is 0 Å². The zero-order chi connectivity index (χ0) is 13.9. The maximum Gasteiger partial charge on any atom is 0.230 e. The van der Waals surface area contributed by atoms with Crippen molar-refractivity contribution in [2.75, 3.05) is 5.75 Å². The van der Waals surface area contributed by atoms with Crippen molar-refractivity contribution >= 4 is 17.7 Å². The van der Waals surface area contributed by atoms with Crippen molar-refractivity contribution < 1.29 is 4.79 Å². The smallest absolute Gasteiger partial charge is 0.230 e. The Kier molecular flexibility index (Phi) is 4.29. The van der Waals surface area contributed by atoms with Gasteiger partial charge >= 0.3 is 0 Å². The molecule has 6 heteroatoms. The van der Waals surface area contributed by atoms with Gasteiger partial charge in [0.15, 0.2) is 5.16 Å². The van der Waals surface area contributed by atoms with E-state index < -0.39 is 0 Å². The van der Waals surface area contributed by atoms with Crippen LogP contribution in [0.5, 0.6) is 0 Å². The molecule has 0 unspecified atom stereocenters. The minimum atomic E-state index is 0.120. The Labute approximate surface area is 123 Å². The van der Waals surface area contributed by atoms with Crippen LogP contribution >= 0.6 is 11.8 Å². The van der Waals surface area contributed by atoms with Gasteiger partial charge in [0.2, 0.25) is 5.91 Å². The summed E-state index contributed by atoms with van der Waals surface area (Å²) in [5, 5.41) is 12.5. The Morgan fingerprint density at radius 1 is 1.25 bits per heavy atom. The van der Waals surface area contributed by atoms with E-state index in [9.17, 15) is 4.79 Å². The number of nitrogens with zero attached hydrogens (tertiary/aromatic N) is 3. The third kappa shape index (κ3) is 3.00. The Bertz CT molecular complexity index is 478. The number of aromatic nitrogens is 3. The Balaban J connectivity index is 1.50. The van der Waals surface area contributed by atoms with Crippen molar-refractivity contribution in [3.63, 3.8) is 0 Å². The molecule has 0 radical (unpaired) electrons. The molecule has 1 heterocycles. The van der Waals surface area contributed by atoms with Crippen LogP contribution in [0.25, 0.3) is 0 Å². The van der Waals surface area contributed by atoms with Gasteiger partial charge in [-0.05, 0) is 25.7 Å². The van der Waals surface area contributed by atoms with Gasteiger partial charge in [-0.15, -0.1) is 10.2 Å². The van der Waals surface area contributed by atoms with Crippen molar-refractivity contribution in [3.8, 4) is 0 Å². The third-order valence-corrected chi connectivity index (χ3v) is 5.41. The van der Waals surface area contributed by atoms with Crippen LogP contribution in [-0.4, -0.2) is 32.5 Å². The lowest BCUT2D eigenvalue weighted by Crippen LogP contribution is -2.33. The summed E-state index contributed by atoms with van der Waals surface area (Å²) in [7, 11) is 2.00. The molecule has 20 heavy (non-hydrogen) atoms. The van der Waals surface area contributed by atoms with Crippen LogP contribution in [0.2, 0.25) is 0 Å². The van der Waals surface area contributed by atoms with Crippen LogP contribution in [0.15, 0.2) is 5.16 Å². The van der Waals surface area contributed by atoms with E-state index in [0.29, 0.717) is 17.7 Å². The highest BCUT2D eigenvalue weighted by atomic mass is 32.2. The fourth-order valence-electron chi connectivity index (χ4n) is 2.94. The summed E-state index contributed by atoms with van der Waals surface area (Å²) in [5.41, 5.74) is 0. The Hall–Kier alpha value is -1.04. The Morgan fingerprint density at radius 3 is 2.65 bits per heavy atom. The quantitative estimate of drug-likeness (QED) is 0.846. The van der Waals surface area contributed by atoms with Crippen LogP contribution < -0.4 is 5.32 Å². The highest BCUT2D eigenvalue weighted by Crippen LogP contribution is 2.35. The van der Waals surface area contributed by atoms with E-state index in [-0.39, 0.29) is 5.91 Å². The lowest BCUT2D eigenvalue weighted by molar-refractivity contribution is -0.119. The van der Waals surface area contributed by atoms with Gasteiger partial charge in [-0.2, -0.15) is 0 Å². The topological polar surface area (TPSA) is 59.8 Å². The number of hydrogen-bond acceptors (Lipinski definition) is 4. The second-order valence-corrected chi connectivity index (χ2v) is 6.81. The summed E-state index contributed by atoms with van der Waals surface area (Å²) in [5.74, 6) is 2.21. The summed E-state index contributed by atoms with van der Waals surface area (Å²) in [6, 6.07) is 0.396. The van der Waals surface area contributed by atoms with E-state index in [0.717, 1.165) is 23.8 Å². The first kappa shape index (κ1) is 13.9. The van der Waals surface area contributed by atoms with Gasteiger partial charge in [0.05, 0.1) is 5.75 Å². The first-order valence-electron chi connectivity index (χ1n) is 7.55. The van der Waals surface area contributed by atoms with Crippen molar-refractivity contribution in [3.05, 3.63) is 5.82 Å². The van der Waals surface area contributed by atoms with E-state index >= 15 is 0 Å². The summed E-state index contributed by atoms with van der Waals surface area (Å²) >= 11 is 1.49. The van der Waals surface area contributed by atoms with Crippen LogP contribution in [0, 0.1) is 0 Å². The molecule has 0 aromatic carbocycles. The van der Waals surface area contributed by atoms with Gasteiger partial charge in [-0.3, -0.25) is 4.79 Å². The molecule has 0 aliphatic heterocycles. The maximum absolute atomic E-state index is 11.9. The second kappa shape index (κ2) is 6.16. The minimum absolute atomic E-state index is 0.120. The molecule has 1 aromatic heterocycles. The van der Waals surface area contributed by atoms with Crippen LogP contribution in [0.1, 0.15) is 56.7 Å². The number of amides is 1. The van der Waals surface area contributed by atoms with Gasteiger partial charge in [0, 0.05) is 19.0 Å². The van der Waals surface area contributed by atoms with Crippen molar-refractivity contribution in [1.82, 2.24) is 20.1 Å². The summed E-state index contributed by atoms with van der Waals surface area (Å²) in [6.07, 6.45) is 8.48. The first-order valence-corrected chi connectivity index (χ1v) is 8.54. The predicted octanol–water partition coefficient (Wildman–Crippen LogP) is 2.23. The molecule has 3 rings (SSSR count). The first-order chi connectivity index (χ1) is 9.74. The molecule has 1 aromatic rings. The molecule has 0 bridgehead atoms. The number of rotatable bonds is 5. The molecule has 2 fully saturated rings. The highest BCUT2D eigenvalue weighted by Gasteiger charge is 2.25. The molecule has 5 nitrogen and oxygen atoms in total. The number of carbonyl (C=O) groups excluding carboxylic acids is 1. The average molecular weight is 294 g/mol. The number of nitrogens with one attached hydrogen (secondary N) is 1. The average Bonchev–Trinajstić information content (AvgIpc) is 2.97. The van der Waals surface area contributed by atoms with Crippen molar-refractivity contribution in [1.29, 1.82) is 0 Å². The fraction of sp³-hybridized carbons (Fsp3) is 0.786. The highest BCUT2D eigenvalue weighted by molar-refractivity contribution is 7.99. The van der Waals surface area contributed by atoms with Crippen molar-refractivity contribution in [2.24, 2.45) is 7.05 Å². The molecule has 2 aliphatic carbocycles. The molecular formula is C14H22N4OS. The lowest BCUT2D eigenvalue weighted by Gasteiger charge is -2.23. The zero-order valence-electron chi connectivity index (χ0n) is 12.0. The molecule has 110 valence electrons. The van der Waals surface area contributed by atoms with Crippen LogP contribution in [0.4, 0.5) is 0 Å².